The number of nitro groups is 1. The summed E-state index contributed by atoms with van der Waals surface area (Å²) in [5.41, 5.74) is -3.39. The second-order valence-corrected chi connectivity index (χ2v) is 2.96. The third kappa shape index (κ3) is 2.11. The standard InChI is InChI=1S/C9H5F4NO4/c1-2-18-9(15)3-4(10)5(11)6(12)7(13)8(3)14(16)17/h2H2,1H3. The molecule has 0 aliphatic heterocycles. The van der Waals surface area contributed by atoms with Crippen LogP contribution < -0.4 is 0 Å². The van der Waals surface area contributed by atoms with Gasteiger partial charge in [0.05, 0.1) is 11.5 Å². The fraction of sp³-hybridized carbons (Fsp3) is 0.222. The van der Waals surface area contributed by atoms with Crippen LogP contribution >= 0.6 is 0 Å². The van der Waals surface area contributed by atoms with Crippen LogP contribution in [0, 0.1) is 33.4 Å². The normalized spacial score (nSPS) is 10.3. The van der Waals surface area contributed by atoms with E-state index in [1.165, 1.54) is 6.92 Å². The molecule has 0 aliphatic rings. The van der Waals surface area contributed by atoms with E-state index >= 15 is 0 Å². The Labute approximate surface area is 97.1 Å². The van der Waals surface area contributed by atoms with E-state index in [4.69, 9.17) is 0 Å². The van der Waals surface area contributed by atoms with Gasteiger partial charge < -0.3 is 4.74 Å². The number of carbonyl (C=O) groups is 1. The summed E-state index contributed by atoms with van der Waals surface area (Å²) in [5, 5.41) is 10.5. The van der Waals surface area contributed by atoms with Crippen molar-refractivity contribution in [2.24, 2.45) is 0 Å². The van der Waals surface area contributed by atoms with Gasteiger partial charge in [-0.2, -0.15) is 4.39 Å². The fourth-order valence-corrected chi connectivity index (χ4v) is 1.18. The van der Waals surface area contributed by atoms with Crippen LogP contribution in [-0.4, -0.2) is 17.5 Å². The van der Waals surface area contributed by atoms with E-state index in [0.717, 1.165) is 0 Å². The van der Waals surface area contributed by atoms with Crippen molar-refractivity contribution in [1.29, 1.82) is 0 Å². The minimum Gasteiger partial charge on any atom is -0.462 e. The van der Waals surface area contributed by atoms with Gasteiger partial charge in [-0.05, 0) is 6.92 Å². The lowest BCUT2D eigenvalue weighted by atomic mass is 10.1. The van der Waals surface area contributed by atoms with Gasteiger partial charge in [-0.1, -0.05) is 0 Å². The SMILES string of the molecule is CCOC(=O)c1c(F)c(F)c(F)c(F)c1[N+](=O)[O-]. The second-order valence-electron chi connectivity index (χ2n) is 2.96. The van der Waals surface area contributed by atoms with Crippen LogP contribution in [0.4, 0.5) is 23.2 Å². The first kappa shape index (κ1) is 13.9. The molecule has 0 unspecified atom stereocenters. The number of ether oxygens (including phenoxy) is 1. The summed E-state index contributed by atoms with van der Waals surface area (Å²) < 4.78 is 56.3. The molecule has 0 amide bonds. The number of hydrogen-bond acceptors (Lipinski definition) is 4. The maximum absolute atomic E-state index is 13.3. The van der Waals surface area contributed by atoms with Crippen LogP contribution in [0.2, 0.25) is 0 Å². The van der Waals surface area contributed by atoms with Gasteiger partial charge in [0, 0.05) is 0 Å². The molecule has 9 heteroatoms. The highest BCUT2D eigenvalue weighted by Crippen LogP contribution is 2.30. The first-order valence-corrected chi connectivity index (χ1v) is 4.50. The summed E-state index contributed by atoms with van der Waals surface area (Å²) in [5.74, 6) is -10.8. The van der Waals surface area contributed by atoms with Crippen LogP contribution in [0.5, 0.6) is 0 Å². The summed E-state index contributed by atoms with van der Waals surface area (Å²) in [4.78, 5) is 20.1. The van der Waals surface area contributed by atoms with E-state index in [2.05, 4.69) is 4.74 Å². The molecule has 5 nitrogen and oxygen atoms in total. The van der Waals surface area contributed by atoms with Gasteiger partial charge >= 0.3 is 11.7 Å². The summed E-state index contributed by atoms with van der Waals surface area (Å²) in [6.07, 6.45) is 0. The van der Waals surface area contributed by atoms with E-state index in [1.54, 1.807) is 0 Å². The zero-order chi connectivity index (χ0) is 14.0. The molecule has 0 fully saturated rings. The van der Waals surface area contributed by atoms with Gasteiger partial charge in [0.1, 0.15) is 0 Å². The molecular formula is C9H5F4NO4. The number of esters is 1. The maximum Gasteiger partial charge on any atom is 0.348 e. The molecule has 18 heavy (non-hydrogen) atoms. The Morgan fingerprint density at radius 2 is 1.67 bits per heavy atom. The Bertz CT molecular complexity index is 532. The number of halogens is 4. The highest BCUT2D eigenvalue weighted by Gasteiger charge is 2.37. The summed E-state index contributed by atoms with van der Waals surface area (Å²) in [7, 11) is 0. The van der Waals surface area contributed by atoms with Crippen LogP contribution in [-0.2, 0) is 4.74 Å². The van der Waals surface area contributed by atoms with Gasteiger partial charge in [-0.15, -0.1) is 0 Å². The van der Waals surface area contributed by atoms with Gasteiger partial charge in [0.25, 0.3) is 0 Å². The summed E-state index contributed by atoms with van der Waals surface area (Å²) >= 11 is 0. The van der Waals surface area contributed by atoms with E-state index in [-0.39, 0.29) is 6.61 Å². The van der Waals surface area contributed by atoms with Gasteiger partial charge in [0.15, 0.2) is 17.2 Å². The molecule has 0 saturated heterocycles. The van der Waals surface area contributed by atoms with Crippen LogP contribution in [0.1, 0.15) is 17.3 Å². The molecule has 98 valence electrons. The number of nitro benzene ring substituents is 1. The molecule has 0 bridgehead atoms. The topological polar surface area (TPSA) is 69.4 Å². The molecule has 0 N–H and O–H groups in total. The lowest BCUT2D eigenvalue weighted by Crippen LogP contribution is -2.15. The van der Waals surface area contributed by atoms with E-state index in [1.807, 2.05) is 0 Å². The number of benzene rings is 1. The van der Waals surface area contributed by atoms with Gasteiger partial charge in [-0.3, -0.25) is 10.1 Å². The van der Waals surface area contributed by atoms with Crippen molar-refractivity contribution in [2.75, 3.05) is 6.61 Å². The average Bonchev–Trinajstić information content (AvgIpc) is 2.30. The lowest BCUT2D eigenvalue weighted by molar-refractivity contribution is -0.388. The number of hydrogen-bond donors (Lipinski definition) is 0. The Kier molecular flexibility index (Phi) is 3.84. The van der Waals surface area contributed by atoms with Crippen molar-refractivity contribution in [3.63, 3.8) is 0 Å². The Balaban J connectivity index is 3.67. The number of rotatable bonds is 3. The van der Waals surface area contributed by atoms with Gasteiger partial charge in [0.2, 0.25) is 11.6 Å². The quantitative estimate of drug-likeness (QED) is 0.210. The predicted octanol–water partition coefficient (Wildman–Crippen LogP) is 2.33. The molecule has 0 aromatic heterocycles. The Morgan fingerprint density at radius 1 is 1.17 bits per heavy atom. The highest BCUT2D eigenvalue weighted by molar-refractivity contribution is 5.94. The van der Waals surface area contributed by atoms with Crippen LogP contribution in [0.3, 0.4) is 0 Å². The smallest absolute Gasteiger partial charge is 0.348 e. The predicted molar refractivity (Wildman–Crippen MR) is 48.9 cm³/mol. The van der Waals surface area contributed by atoms with Crippen molar-refractivity contribution in [3.05, 3.63) is 38.9 Å². The Hall–Kier alpha value is -2.19. The molecule has 0 saturated carbocycles. The van der Waals surface area contributed by atoms with Crippen LogP contribution in [0.25, 0.3) is 0 Å². The first-order valence-electron chi connectivity index (χ1n) is 4.50. The largest absolute Gasteiger partial charge is 0.462 e. The summed E-state index contributed by atoms with van der Waals surface area (Å²) in [6.45, 7) is 0.980. The third-order valence-corrected chi connectivity index (χ3v) is 1.90. The molecule has 0 heterocycles. The second kappa shape index (κ2) is 4.98. The van der Waals surface area contributed by atoms with Crippen molar-refractivity contribution >= 4 is 11.7 Å². The van der Waals surface area contributed by atoms with E-state index in [9.17, 15) is 32.5 Å². The number of nitrogens with zero attached hydrogens (tertiary/aromatic N) is 1. The highest BCUT2D eigenvalue weighted by atomic mass is 19.2. The lowest BCUT2D eigenvalue weighted by Gasteiger charge is -2.06. The molecule has 0 aliphatic carbocycles. The van der Waals surface area contributed by atoms with Crippen LogP contribution in [0.15, 0.2) is 0 Å². The Morgan fingerprint density at radius 3 is 2.11 bits per heavy atom. The zero-order valence-electron chi connectivity index (χ0n) is 8.80. The molecule has 0 atom stereocenters. The summed E-state index contributed by atoms with van der Waals surface area (Å²) in [6, 6.07) is 0. The maximum atomic E-state index is 13.3. The first-order chi connectivity index (χ1) is 8.32. The minimum atomic E-state index is -2.37. The molecule has 1 aromatic carbocycles. The molecule has 0 spiro atoms. The zero-order valence-corrected chi connectivity index (χ0v) is 8.80. The van der Waals surface area contributed by atoms with E-state index < -0.39 is 45.4 Å². The van der Waals surface area contributed by atoms with Crippen molar-refractivity contribution in [2.45, 2.75) is 6.92 Å². The monoisotopic (exact) mass is 267 g/mol. The molecule has 1 aromatic rings. The molecular weight excluding hydrogens is 262 g/mol. The molecule has 1 rings (SSSR count). The average molecular weight is 267 g/mol. The van der Waals surface area contributed by atoms with Crippen molar-refractivity contribution < 1.29 is 32.0 Å². The van der Waals surface area contributed by atoms with Crippen molar-refractivity contribution in [3.8, 4) is 0 Å². The van der Waals surface area contributed by atoms with Crippen molar-refractivity contribution in [1.82, 2.24) is 0 Å². The van der Waals surface area contributed by atoms with E-state index in [0.29, 0.717) is 0 Å². The third-order valence-electron chi connectivity index (χ3n) is 1.90. The molecule has 0 radical (unpaired) electrons. The number of carbonyl (C=O) groups excluding carboxylic acids is 1. The van der Waals surface area contributed by atoms with Gasteiger partial charge in [-0.25, -0.2) is 18.0 Å². The minimum absolute atomic E-state index is 0.309. The fourth-order valence-electron chi connectivity index (χ4n) is 1.18.